The minimum atomic E-state index is -2.78. The van der Waals surface area contributed by atoms with Crippen LogP contribution in [0, 0.1) is 0 Å². The van der Waals surface area contributed by atoms with E-state index in [0.717, 1.165) is 11.1 Å². The predicted octanol–water partition coefficient (Wildman–Crippen LogP) is 2.05. The van der Waals surface area contributed by atoms with Crippen molar-refractivity contribution in [1.82, 2.24) is 10.9 Å². The molecular formula is C14H13N3O3S. The van der Waals surface area contributed by atoms with Crippen molar-refractivity contribution >= 4 is 16.5 Å². The zero-order chi connectivity index (χ0) is 15.1. The van der Waals surface area contributed by atoms with Crippen molar-refractivity contribution in [2.24, 2.45) is 4.36 Å². The number of carbonyl (C=O) groups excluding carboxylic acids is 1. The molecule has 108 valence electrons. The molecule has 2 amide bonds. The highest BCUT2D eigenvalue weighted by molar-refractivity contribution is 7.62. The van der Waals surface area contributed by atoms with Gasteiger partial charge in [-0.3, -0.25) is 5.43 Å². The van der Waals surface area contributed by atoms with Gasteiger partial charge in [0.1, 0.15) is 0 Å². The van der Waals surface area contributed by atoms with Gasteiger partial charge in [-0.2, -0.15) is 8.42 Å². The van der Waals surface area contributed by atoms with Crippen LogP contribution in [0.3, 0.4) is 0 Å². The molecule has 2 aromatic rings. The number of nitrogens with zero attached hydrogens (tertiary/aromatic N) is 1. The summed E-state index contributed by atoms with van der Waals surface area (Å²) in [6.07, 6.45) is 0. The Kier molecular flexibility index (Phi) is 5.19. The lowest BCUT2D eigenvalue weighted by Gasteiger charge is -2.19. The van der Waals surface area contributed by atoms with Gasteiger partial charge in [-0.1, -0.05) is 65.0 Å². The third-order valence-corrected chi connectivity index (χ3v) is 3.06. The van der Waals surface area contributed by atoms with Crippen molar-refractivity contribution in [3.63, 3.8) is 0 Å². The van der Waals surface area contributed by atoms with Gasteiger partial charge in [-0.15, -0.1) is 0 Å². The van der Waals surface area contributed by atoms with E-state index in [1.807, 2.05) is 60.7 Å². The largest absolute Gasteiger partial charge is 0.370 e. The summed E-state index contributed by atoms with van der Waals surface area (Å²) in [6.45, 7) is 0. The molecule has 0 spiro atoms. The lowest BCUT2D eigenvalue weighted by molar-refractivity contribution is 0.244. The van der Waals surface area contributed by atoms with Gasteiger partial charge in [0.25, 0.3) is 0 Å². The molecule has 0 radical (unpaired) electrons. The Morgan fingerprint density at radius 3 is 1.81 bits per heavy atom. The summed E-state index contributed by atoms with van der Waals surface area (Å²) in [7, 11) is -2.78. The molecule has 0 heterocycles. The van der Waals surface area contributed by atoms with Gasteiger partial charge in [0.05, 0.1) is 6.04 Å². The number of nitrogens with one attached hydrogen (secondary N) is 2. The summed E-state index contributed by atoms with van der Waals surface area (Å²) in [6, 6.07) is 17.6. The van der Waals surface area contributed by atoms with Crippen LogP contribution in [0.25, 0.3) is 0 Å². The van der Waals surface area contributed by atoms with Crippen LogP contribution >= 0.6 is 0 Å². The first-order valence-corrected chi connectivity index (χ1v) is 7.16. The molecule has 0 bridgehead atoms. The zero-order valence-corrected chi connectivity index (χ0v) is 11.7. The normalized spacial score (nSPS) is 10.1. The summed E-state index contributed by atoms with van der Waals surface area (Å²) in [5.74, 6) is 0. The molecule has 2 rings (SSSR count). The van der Waals surface area contributed by atoms with Crippen molar-refractivity contribution < 1.29 is 13.2 Å². The fourth-order valence-corrected chi connectivity index (χ4v) is 2.06. The molecule has 0 saturated carbocycles. The van der Waals surface area contributed by atoms with Gasteiger partial charge in [0.2, 0.25) is 0 Å². The Bertz CT molecular complexity index is 683. The monoisotopic (exact) mass is 303 g/mol. The van der Waals surface area contributed by atoms with Crippen molar-refractivity contribution in [3.8, 4) is 0 Å². The number of amides is 2. The van der Waals surface area contributed by atoms with Crippen LogP contribution in [-0.2, 0) is 10.5 Å². The molecule has 0 aromatic heterocycles. The topological polar surface area (TPSA) is 87.6 Å². The minimum Gasteiger partial charge on any atom is -0.270 e. The Morgan fingerprint density at radius 1 is 0.905 bits per heavy atom. The Labute approximate surface area is 123 Å². The lowest BCUT2D eigenvalue weighted by Crippen LogP contribution is -2.38. The minimum absolute atomic E-state index is 0.313. The molecule has 0 atom stereocenters. The molecule has 0 saturated heterocycles. The van der Waals surface area contributed by atoms with Crippen molar-refractivity contribution in [2.45, 2.75) is 6.04 Å². The van der Waals surface area contributed by atoms with Crippen LogP contribution in [0.15, 0.2) is 65.0 Å². The number of benzene rings is 2. The second-order valence-electron chi connectivity index (χ2n) is 4.14. The summed E-state index contributed by atoms with van der Waals surface area (Å²) in [5.41, 5.74) is 6.90. The van der Waals surface area contributed by atoms with Gasteiger partial charge in [-0.05, 0) is 11.1 Å². The van der Waals surface area contributed by atoms with Crippen LogP contribution in [-0.4, -0.2) is 14.4 Å². The van der Waals surface area contributed by atoms with E-state index in [1.165, 1.54) is 0 Å². The van der Waals surface area contributed by atoms with Gasteiger partial charge >= 0.3 is 16.5 Å². The summed E-state index contributed by atoms with van der Waals surface area (Å²) in [5, 5.41) is 0. The highest BCUT2D eigenvalue weighted by Gasteiger charge is 2.14. The van der Waals surface area contributed by atoms with Crippen LogP contribution in [0.1, 0.15) is 17.2 Å². The highest BCUT2D eigenvalue weighted by Crippen LogP contribution is 2.20. The van der Waals surface area contributed by atoms with Gasteiger partial charge < -0.3 is 0 Å². The van der Waals surface area contributed by atoms with Gasteiger partial charge in [-0.25, -0.2) is 10.2 Å². The quantitative estimate of drug-likeness (QED) is 0.846. The molecule has 0 unspecified atom stereocenters. The van der Waals surface area contributed by atoms with Crippen LogP contribution in [0.5, 0.6) is 0 Å². The number of carbonyl (C=O) groups is 1. The second kappa shape index (κ2) is 7.32. The molecule has 6 nitrogen and oxygen atoms in total. The van der Waals surface area contributed by atoms with Gasteiger partial charge in [0, 0.05) is 0 Å². The predicted molar refractivity (Wildman–Crippen MR) is 77.7 cm³/mol. The zero-order valence-electron chi connectivity index (χ0n) is 10.9. The molecule has 2 N–H and O–H groups in total. The van der Waals surface area contributed by atoms with Crippen LogP contribution in [0.4, 0.5) is 4.79 Å². The first-order chi connectivity index (χ1) is 10.2. The van der Waals surface area contributed by atoms with E-state index in [1.54, 1.807) is 0 Å². The van der Waals surface area contributed by atoms with E-state index in [0.29, 0.717) is 0 Å². The molecule has 2 aromatic carbocycles. The van der Waals surface area contributed by atoms with Crippen LogP contribution in [0.2, 0.25) is 0 Å². The fourth-order valence-electron chi connectivity index (χ4n) is 1.87. The van der Waals surface area contributed by atoms with Crippen molar-refractivity contribution in [1.29, 1.82) is 0 Å². The fraction of sp³-hybridized carbons (Fsp3) is 0.0714. The van der Waals surface area contributed by atoms with E-state index in [2.05, 4.69) is 15.2 Å². The average Bonchev–Trinajstić information content (AvgIpc) is 2.49. The van der Waals surface area contributed by atoms with E-state index in [-0.39, 0.29) is 6.04 Å². The number of urea groups is 1. The first-order valence-electron chi connectivity index (χ1n) is 6.13. The number of hydrazine groups is 1. The summed E-state index contributed by atoms with van der Waals surface area (Å²) >= 11 is 0. The second-order valence-corrected chi connectivity index (χ2v) is 4.75. The molecule has 7 heteroatoms. The maximum Gasteiger partial charge on any atom is 0.370 e. The smallest absolute Gasteiger partial charge is 0.270 e. The van der Waals surface area contributed by atoms with Crippen molar-refractivity contribution in [2.75, 3.05) is 0 Å². The number of hydrogen-bond acceptors (Lipinski definition) is 4. The summed E-state index contributed by atoms with van der Waals surface area (Å²) < 4.78 is 23.5. The standard InChI is InChI=1S/C14H13N3O3S/c18-14(17-21(19)20)16-15-13(11-7-3-1-4-8-11)12-9-5-2-6-10-12/h1-10,13,15H,(H,16,18). The van der Waals surface area contributed by atoms with E-state index < -0.39 is 16.5 Å². The Hall–Kier alpha value is -2.51. The van der Waals surface area contributed by atoms with E-state index in [4.69, 9.17) is 0 Å². The molecule has 0 aliphatic rings. The van der Waals surface area contributed by atoms with Crippen LogP contribution < -0.4 is 10.9 Å². The Balaban J connectivity index is 2.22. The maximum atomic E-state index is 11.3. The average molecular weight is 303 g/mol. The maximum absolute atomic E-state index is 11.3. The molecular weight excluding hydrogens is 290 g/mol. The van der Waals surface area contributed by atoms with Crippen molar-refractivity contribution in [3.05, 3.63) is 71.8 Å². The van der Waals surface area contributed by atoms with Gasteiger partial charge in [0.15, 0.2) is 0 Å². The molecule has 0 fully saturated rings. The number of hydrogen-bond donors (Lipinski definition) is 2. The molecule has 0 aliphatic carbocycles. The lowest BCUT2D eigenvalue weighted by atomic mass is 9.99. The summed E-state index contributed by atoms with van der Waals surface area (Å²) in [4.78, 5) is 11.3. The SMILES string of the molecule is O=C(N=S(=O)=O)NNC(c1ccccc1)c1ccccc1. The Morgan fingerprint density at radius 2 is 1.38 bits per heavy atom. The molecule has 0 aliphatic heterocycles. The highest BCUT2D eigenvalue weighted by atomic mass is 32.2. The van der Waals surface area contributed by atoms with E-state index in [9.17, 15) is 13.2 Å². The molecule has 21 heavy (non-hydrogen) atoms. The first kappa shape index (κ1) is 14.9. The third-order valence-electron chi connectivity index (χ3n) is 2.75. The number of rotatable bonds is 4. The third kappa shape index (κ3) is 4.51. The van der Waals surface area contributed by atoms with E-state index >= 15 is 0 Å².